The van der Waals surface area contributed by atoms with E-state index in [0.29, 0.717) is 0 Å². The molecule has 0 saturated heterocycles. The van der Waals surface area contributed by atoms with Gasteiger partial charge in [-0.25, -0.2) is 0 Å². The summed E-state index contributed by atoms with van der Waals surface area (Å²) in [4.78, 5) is 0. The summed E-state index contributed by atoms with van der Waals surface area (Å²) < 4.78 is 12.7. The number of halogens is 2. The molecule has 5 rings (SSSR count). The van der Waals surface area contributed by atoms with Crippen LogP contribution in [0.1, 0.15) is 75.8 Å². The van der Waals surface area contributed by atoms with Crippen LogP contribution in [-0.2, 0) is 35.5 Å². The van der Waals surface area contributed by atoms with Crippen LogP contribution in [0.2, 0.25) is 4.63 Å². The van der Waals surface area contributed by atoms with Gasteiger partial charge in [0.05, 0.1) is 0 Å². The van der Waals surface area contributed by atoms with E-state index in [9.17, 15) is 0 Å². The molecule has 3 heteroatoms. The molecule has 0 fully saturated rings. The molecule has 0 spiro atoms. The van der Waals surface area contributed by atoms with Crippen LogP contribution in [0, 0.1) is 6.92 Å². The second kappa shape index (κ2) is 10.1. The molecule has 0 amide bonds. The predicted octanol–water partition coefficient (Wildman–Crippen LogP) is 8.97. The number of allylic oxidation sites excluding steroid dienone is 4. The van der Waals surface area contributed by atoms with Gasteiger partial charge in [-0.15, -0.1) is 24.8 Å². The maximum atomic E-state index is 5.43. The Morgan fingerprint density at radius 2 is 1.42 bits per heavy atom. The Bertz CT molecular complexity index is 1510. The Kier molecular flexibility index (Phi) is 8.28. The third kappa shape index (κ3) is 4.82. The molecule has 0 N–H and O–H groups in total. The van der Waals surface area contributed by atoms with E-state index < -0.39 is 18.3 Å². The normalized spacial score (nSPS) is 14.8. The van der Waals surface area contributed by atoms with Crippen LogP contribution in [0.15, 0.2) is 76.1 Å². The first-order valence-corrected chi connectivity index (χ1v) is 21.4. The summed E-state index contributed by atoms with van der Waals surface area (Å²) in [7, 11) is 0. The van der Waals surface area contributed by atoms with Crippen LogP contribution < -0.4 is 6.54 Å². The summed E-state index contributed by atoms with van der Waals surface area (Å²) in [6.07, 6.45) is 9.02. The fourth-order valence-corrected chi connectivity index (χ4v) is 20.1. The van der Waals surface area contributed by atoms with Gasteiger partial charge < -0.3 is 0 Å². The molecule has 3 aromatic carbocycles. The van der Waals surface area contributed by atoms with Crippen LogP contribution >= 0.6 is 24.8 Å². The van der Waals surface area contributed by atoms with Gasteiger partial charge in [0.1, 0.15) is 0 Å². The molecule has 2 aliphatic carbocycles. The molecule has 0 nitrogen and oxygen atoms in total. The Morgan fingerprint density at radius 3 is 1.97 bits per heavy atom. The zero-order chi connectivity index (χ0) is 26.1. The summed E-state index contributed by atoms with van der Waals surface area (Å²) in [5, 5.41) is 0. The zero-order valence-electron chi connectivity index (χ0n) is 24.4. The fourth-order valence-electron chi connectivity index (χ4n) is 6.59. The Morgan fingerprint density at radius 1 is 0.789 bits per heavy atom. The van der Waals surface area contributed by atoms with E-state index in [1.807, 2.05) is 0 Å². The minimum atomic E-state index is -4.19. The Labute approximate surface area is 244 Å². The van der Waals surface area contributed by atoms with Crippen molar-refractivity contribution in [1.82, 2.24) is 0 Å². The van der Waals surface area contributed by atoms with Crippen LogP contribution in [0.25, 0.3) is 11.1 Å². The van der Waals surface area contributed by atoms with Crippen molar-refractivity contribution in [1.29, 1.82) is 0 Å². The van der Waals surface area contributed by atoms with Gasteiger partial charge in [0, 0.05) is 0 Å². The first kappa shape index (κ1) is 31.0. The standard InChI is InChI=1S/C21H25.C7H7.C5H5.CH3.CH2.2ClH.Zr/c1-20(2,3)16-7-9-18-14(12-16)11-15-13-17(21(4,5)6)8-10-19(15)18;1-7-5-3-2-4-6-7;1-2-4-5-3-1;;;;;/h7-10,12H,11H2,1-6H3;3-6H,1H3;1-3H,4H2;1H3;1H2;2*1H;. The van der Waals surface area contributed by atoms with Gasteiger partial charge >= 0.3 is 221 Å². The molecule has 202 valence electrons. The molecule has 0 atom stereocenters. The molecule has 2 aliphatic rings. The van der Waals surface area contributed by atoms with Crippen molar-refractivity contribution < 1.29 is 18.3 Å². The molecule has 3 aromatic rings. The van der Waals surface area contributed by atoms with Crippen molar-refractivity contribution >= 4 is 35.6 Å². The van der Waals surface area contributed by atoms with E-state index in [0.717, 1.165) is 12.8 Å². The van der Waals surface area contributed by atoms with Gasteiger partial charge in [0.25, 0.3) is 0 Å². The Balaban J connectivity index is 0.00000200. The Hall–Kier alpha value is -1.53. The summed E-state index contributed by atoms with van der Waals surface area (Å²) in [5.74, 6) is 0. The monoisotopic (exact) mass is 624 g/mol. The molecule has 0 unspecified atom stereocenters. The number of rotatable bonds is 3. The van der Waals surface area contributed by atoms with Crippen molar-refractivity contribution in [2.45, 2.75) is 76.8 Å². The average molecular weight is 627 g/mol. The van der Waals surface area contributed by atoms with Crippen molar-refractivity contribution in [3.05, 3.63) is 104 Å². The summed E-state index contributed by atoms with van der Waals surface area (Å²) in [6.45, 7) is 16.3. The van der Waals surface area contributed by atoms with Gasteiger partial charge in [-0.2, -0.15) is 0 Å². The van der Waals surface area contributed by atoms with Crippen LogP contribution in [-0.4, -0.2) is 4.21 Å². The number of aryl methyl sites for hydroxylation is 1. The SMILES string of the molecule is Cl.Cl.[CH2]=[Zr]([CH3])([C]1=CC=CC1)([c]1ccc(C)cc1)[c]1c(C(C)(C)C)ccc2c1Cc1cc(C(C)(C)C)ccc1-2. The fraction of sp³-hybridized carbons (Fsp3) is 0.343. The van der Waals surface area contributed by atoms with Crippen LogP contribution in [0.3, 0.4) is 0 Å². The van der Waals surface area contributed by atoms with Gasteiger partial charge in [0.15, 0.2) is 0 Å². The molecule has 0 aliphatic heterocycles. The van der Waals surface area contributed by atoms with E-state index in [-0.39, 0.29) is 35.6 Å². The first-order chi connectivity index (χ1) is 16.7. The number of hydrogen-bond donors (Lipinski definition) is 0. The van der Waals surface area contributed by atoms with E-state index in [4.69, 9.17) is 4.21 Å². The molecule has 0 saturated carbocycles. The molecule has 38 heavy (non-hydrogen) atoms. The predicted molar refractivity (Wildman–Crippen MR) is 172 cm³/mol. The van der Waals surface area contributed by atoms with E-state index in [1.165, 1.54) is 36.7 Å². The molecule has 0 radical (unpaired) electrons. The molecule has 0 heterocycles. The van der Waals surface area contributed by atoms with Gasteiger partial charge in [0.2, 0.25) is 0 Å². The molecule has 0 aromatic heterocycles. The summed E-state index contributed by atoms with van der Waals surface area (Å²) in [5.41, 5.74) is 10.3. The van der Waals surface area contributed by atoms with Crippen molar-refractivity contribution in [2.24, 2.45) is 0 Å². The quantitative estimate of drug-likeness (QED) is 0.213. The maximum absolute atomic E-state index is 5.43. The van der Waals surface area contributed by atoms with E-state index >= 15 is 0 Å². The third-order valence-electron chi connectivity index (χ3n) is 8.90. The second-order valence-corrected chi connectivity index (χ2v) is 27.9. The van der Waals surface area contributed by atoms with Gasteiger partial charge in [-0.3, -0.25) is 0 Å². The number of hydrogen-bond acceptors (Lipinski definition) is 0. The van der Waals surface area contributed by atoms with Crippen molar-refractivity contribution in [3.8, 4) is 11.1 Å². The first-order valence-electron chi connectivity index (χ1n) is 13.5. The van der Waals surface area contributed by atoms with Crippen molar-refractivity contribution in [2.75, 3.05) is 0 Å². The number of fused-ring (bicyclic) bond motifs is 3. The van der Waals surface area contributed by atoms with Gasteiger partial charge in [-0.05, 0) is 0 Å². The van der Waals surface area contributed by atoms with Crippen LogP contribution in [0.4, 0.5) is 0 Å². The number of benzene rings is 3. The van der Waals surface area contributed by atoms with Crippen molar-refractivity contribution in [3.63, 3.8) is 0 Å². The molecule has 0 bridgehead atoms. The van der Waals surface area contributed by atoms with E-state index in [2.05, 4.69) is 126 Å². The zero-order valence-corrected chi connectivity index (χ0v) is 28.5. The second-order valence-electron chi connectivity index (χ2n) is 13.8. The average Bonchev–Trinajstić information content (AvgIpc) is 3.46. The summed E-state index contributed by atoms with van der Waals surface area (Å²) >= 11 is -4.19. The van der Waals surface area contributed by atoms with E-state index in [1.54, 1.807) is 12.1 Å². The van der Waals surface area contributed by atoms with Gasteiger partial charge in [-0.1, -0.05) is 0 Å². The molecular weight excluding hydrogens is 583 g/mol. The van der Waals surface area contributed by atoms with Crippen LogP contribution in [0.5, 0.6) is 0 Å². The summed E-state index contributed by atoms with van der Waals surface area (Å²) in [6, 6.07) is 21.4. The molecular formula is C35H44Cl2Zr. The minimum absolute atomic E-state index is 0. The topological polar surface area (TPSA) is 0 Å². The third-order valence-corrected chi connectivity index (χ3v) is 23.5.